The Morgan fingerprint density at radius 1 is 1.05 bits per heavy atom. The number of ether oxygens (including phenoxy) is 2. The lowest BCUT2D eigenvalue weighted by Crippen LogP contribution is -2.37. The third-order valence-corrected chi connectivity index (χ3v) is 6.73. The van der Waals surface area contributed by atoms with Gasteiger partial charge in [-0.15, -0.1) is 0 Å². The van der Waals surface area contributed by atoms with E-state index in [1.807, 2.05) is 44.2 Å². The van der Waals surface area contributed by atoms with Crippen LogP contribution in [0.25, 0.3) is 5.69 Å². The zero-order valence-corrected chi connectivity index (χ0v) is 22.0. The number of benzene rings is 3. The van der Waals surface area contributed by atoms with Crippen LogP contribution in [0.2, 0.25) is 0 Å². The number of carbonyl (C=O) groups is 1. The Hall–Kier alpha value is -4.04. The van der Waals surface area contributed by atoms with Crippen molar-refractivity contribution in [1.29, 1.82) is 0 Å². The van der Waals surface area contributed by atoms with Gasteiger partial charge in [-0.25, -0.2) is 13.5 Å². The first-order valence-electron chi connectivity index (χ1n) is 13.2. The van der Waals surface area contributed by atoms with E-state index in [-0.39, 0.29) is 30.2 Å². The molecule has 0 radical (unpaired) electrons. The lowest BCUT2D eigenvalue weighted by atomic mass is 10.0. The highest BCUT2D eigenvalue weighted by Gasteiger charge is 2.30. The van der Waals surface area contributed by atoms with E-state index < -0.39 is 11.6 Å². The molecule has 1 aromatic heterocycles. The maximum Gasteiger partial charge on any atom is 0.254 e. The average molecular weight is 532 g/mol. The Morgan fingerprint density at radius 3 is 2.44 bits per heavy atom. The van der Waals surface area contributed by atoms with Crippen molar-refractivity contribution in [2.24, 2.45) is 0 Å². The molecule has 5 rings (SSSR count). The van der Waals surface area contributed by atoms with Gasteiger partial charge in [-0.05, 0) is 67.3 Å². The van der Waals surface area contributed by atoms with E-state index in [9.17, 15) is 13.6 Å². The van der Waals surface area contributed by atoms with Gasteiger partial charge in [-0.3, -0.25) is 4.79 Å². The molecular formula is C31H31F2N3O3. The molecule has 0 aliphatic carbocycles. The van der Waals surface area contributed by atoms with Gasteiger partial charge in [-0.2, -0.15) is 5.10 Å². The molecule has 0 bridgehead atoms. The van der Waals surface area contributed by atoms with Gasteiger partial charge in [0.25, 0.3) is 5.91 Å². The van der Waals surface area contributed by atoms with E-state index in [4.69, 9.17) is 14.6 Å². The summed E-state index contributed by atoms with van der Waals surface area (Å²) in [5, 5.41) is 4.88. The topological polar surface area (TPSA) is 56.6 Å². The van der Waals surface area contributed by atoms with Crippen molar-refractivity contribution in [3.63, 3.8) is 0 Å². The van der Waals surface area contributed by atoms with Gasteiger partial charge >= 0.3 is 0 Å². The van der Waals surface area contributed by atoms with Crippen LogP contribution >= 0.6 is 0 Å². The first-order chi connectivity index (χ1) is 18.9. The molecule has 1 aliphatic heterocycles. The van der Waals surface area contributed by atoms with E-state index >= 15 is 0 Å². The standard InChI is InChI=1S/C31H31F2N3O3/c1-21(2)29-26(20-35(19-25-11-8-18-38-25)30(37)22-14-16-23(32)17-15-22)31(39-28-13-7-6-12-27(28)33)36(34-29)24-9-4-3-5-10-24/h3-7,9-10,12-17,21,25H,8,11,18-20H2,1-2H3/t25-/m1/s1. The number of carbonyl (C=O) groups excluding carboxylic acids is 1. The summed E-state index contributed by atoms with van der Waals surface area (Å²) in [6, 6.07) is 21.2. The molecule has 1 amide bonds. The van der Waals surface area contributed by atoms with Crippen molar-refractivity contribution in [2.45, 2.75) is 45.3 Å². The zero-order chi connectivity index (χ0) is 27.4. The van der Waals surface area contributed by atoms with Crippen molar-refractivity contribution in [1.82, 2.24) is 14.7 Å². The highest BCUT2D eigenvalue weighted by molar-refractivity contribution is 5.94. The van der Waals surface area contributed by atoms with Gasteiger partial charge in [-0.1, -0.05) is 44.2 Å². The molecule has 202 valence electrons. The molecular weight excluding hydrogens is 500 g/mol. The number of amides is 1. The third-order valence-electron chi connectivity index (χ3n) is 6.73. The second-order valence-corrected chi connectivity index (χ2v) is 9.93. The highest BCUT2D eigenvalue weighted by Crippen LogP contribution is 2.36. The smallest absolute Gasteiger partial charge is 0.254 e. The first-order valence-corrected chi connectivity index (χ1v) is 13.2. The van der Waals surface area contributed by atoms with Gasteiger partial charge in [0.2, 0.25) is 5.88 Å². The molecule has 1 atom stereocenters. The van der Waals surface area contributed by atoms with Crippen LogP contribution in [0.3, 0.4) is 0 Å². The van der Waals surface area contributed by atoms with Gasteiger partial charge in [0.15, 0.2) is 11.6 Å². The lowest BCUT2D eigenvalue weighted by Gasteiger charge is -2.26. The van der Waals surface area contributed by atoms with Crippen LogP contribution in [0.5, 0.6) is 11.6 Å². The normalized spacial score (nSPS) is 15.1. The summed E-state index contributed by atoms with van der Waals surface area (Å²) >= 11 is 0. The van der Waals surface area contributed by atoms with Crippen molar-refractivity contribution in [3.8, 4) is 17.3 Å². The predicted octanol–water partition coefficient (Wildman–Crippen LogP) is 6.89. The molecule has 0 spiro atoms. The fourth-order valence-corrected chi connectivity index (χ4v) is 4.76. The average Bonchev–Trinajstić information content (AvgIpc) is 3.58. The van der Waals surface area contributed by atoms with Gasteiger partial charge < -0.3 is 14.4 Å². The number of hydrogen-bond acceptors (Lipinski definition) is 4. The Labute approximate surface area is 226 Å². The molecule has 1 saturated heterocycles. The van der Waals surface area contributed by atoms with Crippen LogP contribution < -0.4 is 4.74 Å². The van der Waals surface area contributed by atoms with Gasteiger partial charge in [0.1, 0.15) is 5.82 Å². The molecule has 1 aliphatic rings. The van der Waals surface area contributed by atoms with Gasteiger partial charge in [0.05, 0.1) is 29.6 Å². The summed E-state index contributed by atoms with van der Waals surface area (Å²) in [6.07, 6.45) is 1.65. The van der Waals surface area contributed by atoms with Crippen molar-refractivity contribution >= 4 is 5.91 Å². The summed E-state index contributed by atoms with van der Waals surface area (Å²) in [7, 11) is 0. The second kappa shape index (κ2) is 11.8. The quantitative estimate of drug-likeness (QED) is 0.236. The molecule has 0 N–H and O–H groups in total. The Bertz CT molecular complexity index is 1420. The van der Waals surface area contributed by atoms with Crippen LogP contribution in [0.15, 0.2) is 78.9 Å². The fourth-order valence-electron chi connectivity index (χ4n) is 4.76. The first kappa shape index (κ1) is 26.6. The fraction of sp³-hybridized carbons (Fsp3) is 0.290. The monoisotopic (exact) mass is 531 g/mol. The molecule has 1 fully saturated rings. The summed E-state index contributed by atoms with van der Waals surface area (Å²) in [4.78, 5) is 15.4. The number of nitrogens with zero attached hydrogens (tertiary/aromatic N) is 3. The number of hydrogen-bond donors (Lipinski definition) is 0. The number of para-hydroxylation sites is 2. The number of rotatable bonds is 9. The summed E-state index contributed by atoms with van der Waals surface area (Å²) in [6.45, 7) is 5.18. The van der Waals surface area contributed by atoms with Crippen LogP contribution in [-0.4, -0.2) is 39.8 Å². The van der Waals surface area contributed by atoms with E-state index in [1.54, 1.807) is 27.8 Å². The molecule has 0 saturated carbocycles. The van der Waals surface area contributed by atoms with E-state index in [0.29, 0.717) is 30.2 Å². The van der Waals surface area contributed by atoms with Crippen molar-refractivity contribution in [3.05, 3.63) is 107 Å². The maximum atomic E-state index is 14.8. The summed E-state index contributed by atoms with van der Waals surface area (Å²) < 4.78 is 42.1. The van der Waals surface area contributed by atoms with E-state index in [1.165, 1.54) is 30.3 Å². The minimum Gasteiger partial charge on any atom is -0.435 e. The largest absolute Gasteiger partial charge is 0.435 e. The van der Waals surface area contributed by atoms with Crippen molar-refractivity contribution in [2.75, 3.05) is 13.2 Å². The van der Waals surface area contributed by atoms with Crippen LogP contribution in [-0.2, 0) is 11.3 Å². The molecule has 3 aromatic carbocycles. The number of halogens is 2. The molecule has 39 heavy (non-hydrogen) atoms. The Balaban J connectivity index is 1.61. The van der Waals surface area contributed by atoms with Crippen LogP contribution in [0.1, 0.15) is 54.2 Å². The third kappa shape index (κ3) is 6.01. The van der Waals surface area contributed by atoms with E-state index in [0.717, 1.165) is 24.2 Å². The summed E-state index contributed by atoms with van der Waals surface area (Å²) in [5.41, 5.74) is 2.51. The molecule has 2 heterocycles. The van der Waals surface area contributed by atoms with Crippen molar-refractivity contribution < 1.29 is 23.0 Å². The van der Waals surface area contributed by atoms with E-state index in [2.05, 4.69) is 0 Å². The Morgan fingerprint density at radius 2 is 1.77 bits per heavy atom. The molecule has 6 nitrogen and oxygen atoms in total. The molecule has 0 unspecified atom stereocenters. The van der Waals surface area contributed by atoms with Crippen LogP contribution in [0.4, 0.5) is 8.78 Å². The van der Waals surface area contributed by atoms with Gasteiger partial charge in [0, 0.05) is 18.7 Å². The molecule has 4 aromatic rings. The highest BCUT2D eigenvalue weighted by atomic mass is 19.1. The minimum atomic E-state index is -0.506. The maximum absolute atomic E-state index is 14.8. The SMILES string of the molecule is CC(C)c1nn(-c2ccccc2)c(Oc2ccccc2F)c1CN(C[C@H]1CCCO1)C(=O)c1ccc(F)cc1. The predicted molar refractivity (Wildman–Crippen MR) is 144 cm³/mol. The molecule has 8 heteroatoms. The second-order valence-electron chi connectivity index (χ2n) is 9.93. The lowest BCUT2D eigenvalue weighted by molar-refractivity contribution is 0.0505. The minimum absolute atomic E-state index is 0.0153. The van der Waals surface area contributed by atoms with Crippen LogP contribution in [0, 0.1) is 11.6 Å². The zero-order valence-electron chi connectivity index (χ0n) is 22.0. The number of aromatic nitrogens is 2. The summed E-state index contributed by atoms with van der Waals surface area (Å²) in [5.74, 6) is -0.804. The Kier molecular flexibility index (Phi) is 8.02.